The Balaban J connectivity index is 1.78. The summed E-state index contributed by atoms with van der Waals surface area (Å²) >= 11 is 0. The Kier molecular flexibility index (Phi) is 4.51. The predicted octanol–water partition coefficient (Wildman–Crippen LogP) is 2.31. The lowest BCUT2D eigenvalue weighted by atomic mass is 9.96. The number of ether oxygens (including phenoxy) is 1. The van der Waals surface area contributed by atoms with Crippen LogP contribution in [-0.2, 0) is 10.2 Å². The fraction of sp³-hybridized carbons (Fsp3) is 0.786. The van der Waals surface area contributed by atoms with Crippen LogP contribution in [0.2, 0.25) is 0 Å². The van der Waals surface area contributed by atoms with Crippen LogP contribution in [0.1, 0.15) is 45.9 Å². The smallest absolute Gasteiger partial charge is 0.329 e. The van der Waals surface area contributed by atoms with Crippen LogP contribution in [0, 0.1) is 5.41 Å². The first-order valence-electron chi connectivity index (χ1n) is 7.23. The molecule has 1 fully saturated rings. The quantitative estimate of drug-likeness (QED) is 0.840. The highest BCUT2D eigenvalue weighted by Gasteiger charge is 2.42. The molecule has 7 nitrogen and oxygen atoms in total. The minimum Gasteiger partial charge on any atom is -0.385 e. The van der Waals surface area contributed by atoms with Gasteiger partial charge in [-0.25, -0.2) is 4.79 Å². The zero-order valence-corrected chi connectivity index (χ0v) is 13.2. The maximum absolute atomic E-state index is 11.8. The zero-order chi connectivity index (χ0) is 15.5. The molecule has 1 aromatic heterocycles. The highest BCUT2D eigenvalue weighted by Crippen LogP contribution is 2.48. The van der Waals surface area contributed by atoms with Crippen LogP contribution in [0.4, 0.5) is 10.8 Å². The molecule has 0 atom stereocenters. The Morgan fingerprint density at radius 2 is 2.14 bits per heavy atom. The molecular weight excluding hydrogens is 272 g/mol. The van der Waals surface area contributed by atoms with Crippen molar-refractivity contribution >= 4 is 12.0 Å². The molecule has 0 aliphatic heterocycles. The molecule has 7 heteroatoms. The highest BCUT2D eigenvalue weighted by molar-refractivity contribution is 5.86. The fourth-order valence-corrected chi connectivity index (χ4v) is 2.00. The van der Waals surface area contributed by atoms with E-state index in [9.17, 15) is 4.79 Å². The molecule has 2 N–H and O–H groups in total. The Hall–Kier alpha value is -1.63. The largest absolute Gasteiger partial charge is 0.385 e. The molecule has 2 amide bonds. The van der Waals surface area contributed by atoms with Crippen molar-refractivity contribution < 1.29 is 14.1 Å². The molecule has 2 rings (SSSR count). The normalized spacial score (nSPS) is 16.6. The van der Waals surface area contributed by atoms with Gasteiger partial charge in [-0.1, -0.05) is 25.9 Å². The number of aromatic nitrogens is 2. The summed E-state index contributed by atoms with van der Waals surface area (Å²) in [5, 5.41) is 9.28. The van der Waals surface area contributed by atoms with E-state index in [4.69, 9.17) is 9.26 Å². The number of anilines is 1. The van der Waals surface area contributed by atoms with Gasteiger partial charge >= 0.3 is 12.0 Å². The first kappa shape index (κ1) is 15.8. The molecule has 1 aliphatic carbocycles. The summed E-state index contributed by atoms with van der Waals surface area (Å²) in [6.07, 6.45) is 3.23. The number of nitrogens with zero attached hydrogens (tertiary/aromatic N) is 2. The average molecular weight is 296 g/mol. The number of hydrogen-bond acceptors (Lipinski definition) is 5. The monoisotopic (exact) mass is 296 g/mol. The van der Waals surface area contributed by atoms with Gasteiger partial charge in [0.2, 0.25) is 0 Å². The maximum Gasteiger partial charge on any atom is 0.329 e. The van der Waals surface area contributed by atoms with E-state index in [1.54, 1.807) is 7.11 Å². The SMILES string of the molecule is COCCC1(CNC(=O)Nc2nc(C(C)(C)C)no2)CC1. The van der Waals surface area contributed by atoms with Crippen LogP contribution < -0.4 is 10.6 Å². The lowest BCUT2D eigenvalue weighted by Gasteiger charge is -2.15. The van der Waals surface area contributed by atoms with Gasteiger partial charge in [-0.3, -0.25) is 5.32 Å². The molecule has 21 heavy (non-hydrogen) atoms. The van der Waals surface area contributed by atoms with E-state index in [1.165, 1.54) is 0 Å². The number of hydrogen-bond donors (Lipinski definition) is 2. The van der Waals surface area contributed by atoms with Gasteiger partial charge in [0.25, 0.3) is 0 Å². The number of amides is 2. The van der Waals surface area contributed by atoms with E-state index in [0.717, 1.165) is 25.9 Å². The van der Waals surface area contributed by atoms with E-state index in [-0.39, 0.29) is 22.9 Å². The Bertz CT molecular complexity index is 489. The van der Waals surface area contributed by atoms with Gasteiger partial charge in [0.1, 0.15) is 0 Å². The van der Waals surface area contributed by atoms with Crippen LogP contribution in [0.15, 0.2) is 4.52 Å². The van der Waals surface area contributed by atoms with Crippen LogP contribution >= 0.6 is 0 Å². The fourth-order valence-electron chi connectivity index (χ4n) is 2.00. The Labute approximate surface area is 124 Å². The standard InChI is InChI=1S/C14H24N4O3/c1-13(2,3)10-16-12(21-18-10)17-11(19)15-9-14(5-6-14)7-8-20-4/h5-9H2,1-4H3,(H2,15,16,17,18,19). The molecule has 1 aliphatic rings. The van der Waals surface area contributed by atoms with Gasteiger partial charge in [0.15, 0.2) is 5.82 Å². The van der Waals surface area contributed by atoms with Gasteiger partial charge in [-0.2, -0.15) is 4.98 Å². The second-order valence-corrected chi connectivity index (χ2v) is 6.72. The summed E-state index contributed by atoms with van der Waals surface area (Å²) in [5.41, 5.74) is -0.00308. The van der Waals surface area contributed by atoms with Crippen LogP contribution in [-0.4, -0.2) is 36.4 Å². The van der Waals surface area contributed by atoms with Gasteiger partial charge in [-0.15, -0.1) is 0 Å². The molecule has 1 saturated carbocycles. The lowest BCUT2D eigenvalue weighted by Crippen LogP contribution is -2.34. The molecule has 118 valence electrons. The Morgan fingerprint density at radius 3 is 2.67 bits per heavy atom. The first-order chi connectivity index (χ1) is 9.85. The molecular formula is C14H24N4O3. The van der Waals surface area contributed by atoms with Gasteiger partial charge in [0.05, 0.1) is 0 Å². The minimum atomic E-state index is -0.317. The zero-order valence-electron chi connectivity index (χ0n) is 13.2. The van der Waals surface area contributed by atoms with E-state index in [0.29, 0.717) is 12.4 Å². The first-order valence-corrected chi connectivity index (χ1v) is 7.23. The number of carbonyl (C=O) groups is 1. The van der Waals surface area contributed by atoms with Crippen LogP contribution in [0.25, 0.3) is 0 Å². The summed E-state index contributed by atoms with van der Waals surface area (Å²) in [5.74, 6) is 0.566. The van der Waals surface area contributed by atoms with E-state index in [1.807, 2.05) is 20.8 Å². The van der Waals surface area contributed by atoms with Crippen LogP contribution in [0.5, 0.6) is 0 Å². The summed E-state index contributed by atoms with van der Waals surface area (Å²) in [6.45, 7) is 7.31. The molecule has 1 heterocycles. The summed E-state index contributed by atoms with van der Waals surface area (Å²) in [6, 6.07) is -0.193. The summed E-state index contributed by atoms with van der Waals surface area (Å²) < 4.78 is 10.1. The van der Waals surface area contributed by atoms with Gasteiger partial charge in [-0.05, 0) is 24.7 Å². The van der Waals surface area contributed by atoms with Crippen molar-refractivity contribution in [3.63, 3.8) is 0 Å². The summed E-state index contributed by atoms with van der Waals surface area (Å²) in [7, 11) is 1.69. The topological polar surface area (TPSA) is 89.3 Å². The van der Waals surface area contributed by atoms with Gasteiger partial charge in [0, 0.05) is 25.7 Å². The lowest BCUT2D eigenvalue weighted by molar-refractivity contribution is 0.171. The number of carbonyl (C=O) groups excluding carboxylic acids is 1. The van der Waals surface area contributed by atoms with E-state index >= 15 is 0 Å². The third-order valence-corrected chi connectivity index (χ3v) is 3.73. The predicted molar refractivity (Wildman–Crippen MR) is 78.2 cm³/mol. The van der Waals surface area contributed by atoms with E-state index < -0.39 is 0 Å². The third kappa shape index (κ3) is 4.42. The molecule has 0 bridgehead atoms. The number of urea groups is 1. The van der Waals surface area contributed by atoms with Crippen molar-refractivity contribution in [3.8, 4) is 0 Å². The van der Waals surface area contributed by atoms with Crippen molar-refractivity contribution in [3.05, 3.63) is 5.82 Å². The van der Waals surface area contributed by atoms with Gasteiger partial charge < -0.3 is 14.6 Å². The van der Waals surface area contributed by atoms with Crippen LogP contribution in [0.3, 0.4) is 0 Å². The molecule has 0 aromatic carbocycles. The minimum absolute atomic E-state index is 0.124. The summed E-state index contributed by atoms with van der Waals surface area (Å²) in [4.78, 5) is 16.0. The van der Waals surface area contributed by atoms with Crippen molar-refractivity contribution in [2.75, 3.05) is 25.6 Å². The Morgan fingerprint density at radius 1 is 1.43 bits per heavy atom. The molecule has 0 spiro atoms. The molecule has 0 unspecified atom stereocenters. The molecule has 1 aromatic rings. The maximum atomic E-state index is 11.8. The second kappa shape index (κ2) is 6.01. The second-order valence-electron chi connectivity index (χ2n) is 6.72. The molecule has 0 saturated heterocycles. The highest BCUT2D eigenvalue weighted by atomic mass is 16.5. The van der Waals surface area contributed by atoms with Crippen molar-refractivity contribution in [2.45, 2.75) is 45.4 Å². The number of rotatable bonds is 6. The molecule has 0 radical (unpaired) electrons. The van der Waals surface area contributed by atoms with E-state index in [2.05, 4.69) is 20.8 Å². The third-order valence-electron chi connectivity index (χ3n) is 3.73. The van der Waals surface area contributed by atoms with Crippen molar-refractivity contribution in [1.29, 1.82) is 0 Å². The average Bonchev–Trinajstić information content (AvgIpc) is 3.02. The number of nitrogens with one attached hydrogen (secondary N) is 2. The van der Waals surface area contributed by atoms with Crippen molar-refractivity contribution in [1.82, 2.24) is 15.5 Å². The number of methoxy groups -OCH3 is 1. The van der Waals surface area contributed by atoms with Crippen molar-refractivity contribution in [2.24, 2.45) is 5.41 Å².